The zero-order valence-electron chi connectivity index (χ0n) is 11.5. The van der Waals surface area contributed by atoms with Gasteiger partial charge in [-0.25, -0.2) is 4.79 Å². The highest BCUT2D eigenvalue weighted by atomic mass is 32.2. The molecule has 21 heavy (non-hydrogen) atoms. The molecule has 2 rings (SSSR count). The Balaban J connectivity index is 1.89. The van der Waals surface area contributed by atoms with Crippen molar-refractivity contribution in [2.75, 3.05) is 11.1 Å². The standard InChI is InChI=1S/C14H16N2O4S/c1-8-3-2-4-9(5-8)15-12(17)6-11-13(18)16-10(7-21-11)14(19)20/h2-5,10-11H,6-7H2,1H3,(H,15,17)(H,16,18)(H,19,20)/t10-,11-/m0/s1. The van der Waals surface area contributed by atoms with E-state index in [0.29, 0.717) is 5.69 Å². The first kappa shape index (κ1) is 15.4. The summed E-state index contributed by atoms with van der Waals surface area (Å²) in [5.74, 6) is -1.46. The zero-order valence-corrected chi connectivity index (χ0v) is 12.3. The van der Waals surface area contributed by atoms with Crippen molar-refractivity contribution in [3.8, 4) is 0 Å². The van der Waals surface area contributed by atoms with Crippen LogP contribution in [0.2, 0.25) is 0 Å². The molecule has 112 valence electrons. The normalized spacial score (nSPS) is 21.5. The van der Waals surface area contributed by atoms with E-state index in [4.69, 9.17) is 5.11 Å². The summed E-state index contributed by atoms with van der Waals surface area (Å²) in [5.41, 5.74) is 1.71. The molecular weight excluding hydrogens is 292 g/mol. The third-order valence-corrected chi connectivity index (χ3v) is 4.35. The van der Waals surface area contributed by atoms with Crippen LogP contribution in [0.15, 0.2) is 24.3 Å². The van der Waals surface area contributed by atoms with Crippen LogP contribution in [0.5, 0.6) is 0 Å². The van der Waals surface area contributed by atoms with Crippen molar-refractivity contribution in [2.45, 2.75) is 24.6 Å². The molecule has 0 aromatic heterocycles. The van der Waals surface area contributed by atoms with Crippen molar-refractivity contribution in [2.24, 2.45) is 0 Å². The van der Waals surface area contributed by atoms with Gasteiger partial charge in [-0.05, 0) is 24.6 Å². The van der Waals surface area contributed by atoms with E-state index in [9.17, 15) is 14.4 Å². The predicted octanol–water partition coefficient (Wildman–Crippen LogP) is 1.01. The molecule has 0 radical (unpaired) electrons. The number of carbonyl (C=O) groups excluding carboxylic acids is 2. The van der Waals surface area contributed by atoms with Crippen molar-refractivity contribution in [3.63, 3.8) is 0 Å². The van der Waals surface area contributed by atoms with E-state index in [-0.39, 0.29) is 18.1 Å². The lowest BCUT2D eigenvalue weighted by atomic mass is 10.2. The summed E-state index contributed by atoms with van der Waals surface area (Å²) in [6.07, 6.45) is 0.0246. The van der Waals surface area contributed by atoms with Crippen LogP contribution in [0.3, 0.4) is 0 Å². The monoisotopic (exact) mass is 308 g/mol. The number of carboxylic acids is 1. The molecule has 1 fully saturated rings. The van der Waals surface area contributed by atoms with Crippen LogP contribution in [0.4, 0.5) is 5.69 Å². The SMILES string of the molecule is Cc1cccc(NC(=O)C[C@@H]2SC[C@@H](C(=O)O)NC2=O)c1. The Morgan fingerprint density at radius 2 is 2.24 bits per heavy atom. The fraction of sp³-hybridized carbons (Fsp3) is 0.357. The average Bonchev–Trinajstić information content (AvgIpc) is 2.40. The number of carboxylic acid groups (broad SMARTS) is 1. The maximum absolute atomic E-state index is 11.9. The lowest BCUT2D eigenvalue weighted by Gasteiger charge is -2.25. The Kier molecular flexibility index (Phi) is 4.85. The zero-order chi connectivity index (χ0) is 15.4. The van der Waals surface area contributed by atoms with Crippen LogP contribution in [0.25, 0.3) is 0 Å². The van der Waals surface area contributed by atoms with Crippen molar-refractivity contribution in [3.05, 3.63) is 29.8 Å². The van der Waals surface area contributed by atoms with Gasteiger partial charge in [0.05, 0.1) is 5.25 Å². The van der Waals surface area contributed by atoms with E-state index >= 15 is 0 Å². The summed E-state index contributed by atoms with van der Waals surface area (Å²) in [6.45, 7) is 1.92. The van der Waals surface area contributed by atoms with Gasteiger partial charge in [0.25, 0.3) is 0 Å². The largest absolute Gasteiger partial charge is 0.480 e. The molecule has 1 aliphatic rings. The molecule has 1 aliphatic heterocycles. The number of aryl methyl sites for hydroxylation is 1. The van der Waals surface area contributed by atoms with Crippen LogP contribution < -0.4 is 10.6 Å². The summed E-state index contributed by atoms with van der Waals surface area (Å²) in [6, 6.07) is 6.50. The number of hydrogen-bond acceptors (Lipinski definition) is 4. The van der Waals surface area contributed by atoms with Gasteiger partial charge in [0.15, 0.2) is 0 Å². The van der Waals surface area contributed by atoms with Crippen LogP contribution in [0.1, 0.15) is 12.0 Å². The molecule has 0 spiro atoms. The van der Waals surface area contributed by atoms with E-state index < -0.39 is 23.2 Å². The summed E-state index contributed by atoms with van der Waals surface area (Å²) in [7, 11) is 0. The number of carbonyl (C=O) groups is 3. The number of nitrogens with one attached hydrogen (secondary N) is 2. The Morgan fingerprint density at radius 1 is 1.48 bits per heavy atom. The van der Waals surface area contributed by atoms with Crippen molar-refractivity contribution < 1.29 is 19.5 Å². The van der Waals surface area contributed by atoms with Crippen molar-refractivity contribution >= 4 is 35.2 Å². The molecule has 2 atom stereocenters. The van der Waals surface area contributed by atoms with E-state index in [1.165, 1.54) is 11.8 Å². The van der Waals surface area contributed by atoms with Gasteiger partial charge in [-0.3, -0.25) is 9.59 Å². The van der Waals surface area contributed by atoms with Gasteiger partial charge in [-0.1, -0.05) is 12.1 Å². The van der Waals surface area contributed by atoms with Gasteiger partial charge in [-0.2, -0.15) is 0 Å². The summed E-state index contributed by atoms with van der Waals surface area (Å²) < 4.78 is 0. The first-order chi connectivity index (χ1) is 9.95. The van der Waals surface area contributed by atoms with Gasteiger partial charge in [0, 0.05) is 17.9 Å². The van der Waals surface area contributed by atoms with Gasteiger partial charge in [0.1, 0.15) is 6.04 Å². The molecule has 1 heterocycles. The average molecular weight is 308 g/mol. The Morgan fingerprint density at radius 3 is 2.86 bits per heavy atom. The molecular formula is C14H16N2O4S. The number of anilines is 1. The maximum Gasteiger partial charge on any atom is 0.327 e. The summed E-state index contributed by atoms with van der Waals surface area (Å²) in [4.78, 5) is 34.5. The van der Waals surface area contributed by atoms with Crippen molar-refractivity contribution in [1.82, 2.24) is 5.32 Å². The molecule has 1 aromatic carbocycles. The van der Waals surface area contributed by atoms with E-state index in [2.05, 4.69) is 10.6 Å². The molecule has 0 unspecified atom stereocenters. The second-order valence-corrected chi connectivity index (χ2v) is 6.08. The second kappa shape index (κ2) is 6.62. The van der Waals surface area contributed by atoms with Gasteiger partial charge < -0.3 is 15.7 Å². The fourth-order valence-corrected chi connectivity index (χ4v) is 3.12. The Bertz CT molecular complexity index is 576. The van der Waals surface area contributed by atoms with E-state index in [1.807, 2.05) is 25.1 Å². The second-order valence-electron chi connectivity index (χ2n) is 4.84. The molecule has 3 N–H and O–H groups in total. The quantitative estimate of drug-likeness (QED) is 0.771. The third kappa shape index (κ3) is 4.22. The molecule has 0 bridgehead atoms. The third-order valence-electron chi connectivity index (χ3n) is 3.04. The minimum Gasteiger partial charge on any atom is -0.480 e. The smallest absolute Gasteiger partial charge is 0.327 e. The van der Waals surface area contributed by atoms with Gasteiger partial charge in [0.2, 0.25) is 11.8 Å². The van der Waals surface area contributed by atoms with Crippen LogP contribution in [-0.2, 0) is 14.4 Å². The topological polar surface area (TPSA) is 95.5 Å². The minimum absolute atomic E-state index is 0.0246. The number of rotatable bonds is 4. The number of benzene rings is 1. The summed E-state index contributed by atoms with van der Waals surface area (Å²) in [5, 5.41) is 13.4. The summed E-state index contributed by atoms with van der Waals surface area (Å²) >= 11 is 1.20. The number of thioether (sulfide) groups is 1. The maximum atomic E-state index is 11.9. The number of amides is 2. The van der Waals surface area contributed by atoms with Crippen LogP contribution in [0, 0.1) is 6.92 Å². The number of hydrogen-bond donors (Lipinski definition) is 3. The Labute approximate surface area is 126 Å². The first-order valence-electron chi connectivity index (χ1n) is 6.47. The highest BCUT2D eigenvalue weighted by molar-refractivity contribution is 8.00. The highest BCUT2D eigenvalue weighted by Gasteiger charge is 2.33. The first-order valence-corrected chi connectivity index (χ1v) is 7.52. The van der Waals surface area contributed by atoms with Gasteiger partial charge >= 0.3 is 5.97 Å². The lowest BCUT2D eigenvalue weighted by molar-refractivity contribution is -0.141. The molecule has 6 nitrogen and oxygen atoms in total. The van der Waals surface area contributed by atoms with E-state index in [0.717, 1.165) is 5.56 Å². The van der Waals surface area contributed by atoms with Crippen LogP contribution in [-0.4, -0.2) is 39.9 Å². The highest BCUT2D eigenvalue weighted by Crippen LogP contribution is 2.22. The van der Waals surface area contributed by atoms with Crippen LogP contribution >= 0.6 is 11.8 Å². The van der Waals surface area contributed by atoms with Crippen molar-refractivity contribution in [1.29, 1.82) is 0 Å². The fourth-order valence-electron chi connectivity index (χ4n) is 1.98. The molecule has 1 saturated heterocycles. The van der Waals surface area contributed by atoms with Gasteiger partial charge in [-0.15, -0.1) is 11.8 Å². The molecule has 0 saturated carbocycles. The molecule has 0 aliphatic carbocycles. The predicted molar refractivity (Wildman–Crippen MR) is 80.2 cm³/mol. The molecule has 7 heteroatoms. The Hall–Kier alpha value is -2.02. The molecule has 2 amide bonds. The molecule has 1 aromatic rings. The number of aliphatic carboxylic acids is 1. The minimum atomic E-state index is -1.06. The lowest BCUT2D eigenvalue weighted by Crippen LogP contribution is -2.51. The van der Waals surface area contributed by atoms with E-state index in [1.54, 1.807) is 6.07 Å².